The third kappa shape index (κ3) is 4.02. The molecule has 2 aromatic carbocycles. The number of aryl methyl sites for hydroxylation is 1. The highest BCUT2D eigenvalue weighted by Crippen LogP contribution is 2.34. The van der Waals surface area contributed by atoms with E-state index in [1.807, 2.05) is 35.8 Å². The summed E-state index contributed by atoms with van der Waals surface area (Å²) >= 11 is 19.2. The first-order valence-electron chi connectivity index (χ1n) is 9.94. The summed E-state index contributed by atoms with van der Waals surface area (Å²) in [5, 5.41) is 5.88. The lowest BCUT2D eigenvalue weighted by Crippen LogP contribution is -2.06. The van der Waals surface area contributed by atoms with Crippen LogP contribution in [0.5, 0.6) is 0 Å². The van der Waals surface area contributed by atoms with Gasteiger partial charge in [0.05, 0.1) is 17.6 Å². The molecule has 0 aliphatic heterocycles. The number of nitrogens with zero attached hydrogens (tertiary/aromatic N) is 4. The van der Waals surface area contributed by atoms with Gasteiger partial charge in [0.1, 0.15) is 10.8 Å². The molecule has 0 atom stereocenters. The smallest absolute Gasteiger partial charge is 0.276 e. The van der Waals surface area contributed by atoms with Crippen LogP contribution < -0.4 is 0 Å². The molecule has 0 aliphatic rings. The van der Waals surface area contributed by atoms with E-state index in [9.17, 15) is 4.79 Å². The third-order valence-corrected chi connectivity index (χ3v) is 6.22. The molecule has 5 aromatic rings. The summed E-state index contributed by atoms with van der Waals surface area (Å²) in [5.74, 6) is -0.381. The lowest BCUT2D eigenvalue weighted by atomic mass is 10.1. The van der Waals surface area contributed by atoms with E-state index in [4.69, 9.17) is 39.3 Å². The van der Waals surface area contributed by atoms with E-state index in [2.05, 4.69) is 15.1 Å². The molecular formula is C24H15Cl3N4O2. The normalized spacial score (nSPS) is 11.3. The van der Waals surface area contributed by atoms with Crippen LogP contribution in [0.3, 0.4) is 0 Å². The van der Waals surface area contributed by atoms with Crippen LogP contribution >= 0.6 is 34.8 Å². The second-order valence-electron chi connectivity index (χ2n) is 7.48. The predicted molar refractivity (Wildman–Crippen MR) is 128 cm³/mol. The minimum absolute atomic E-state index is 0.0948. The summed E-state index contributed by atoms with van der Waals surface area (Å²) in [7, 11) is 0. The molecule has 3 heterocycles. The molecule has 0 N–H and O–H groups in total. The van der Waals surface area contributed by atoms with Crippen molar-refractivity contribution in [2.45, 2.75) is 13.5 Å². The van der Waals surface area contributed by atoms with Crippen molar-refractivity contribution in [1.29, 1.82) is 0 Å². The fourth-order valence-corrected chi connectivity index (χ4v) is 4.46. The van der Waals surface area contributed by atoms with Crippen LogP contribution in [0.2, 0.25) is 15.2 Å². The average molecular weight is 498 g/mol. The fraction of sp³-hybridized carbons (Fsp3) is 0.0833. The Balaban J connectivity index is 1.61. The first-order chi connectivity index (χ1) is 15.9. The molecule has 0 radical (unpaired) electrons. The van der Waals surface area contributed by atoms with Crippen LogP contribution in [0, 0.1) is 6.92 Å². The first-order valence-corrected chi connectivity index (χ1v) is 11.1. The molecule has 0 aliphatic carbocycles. The number of hydrogen-bond acceptors (Lipinski definition) is 5. The number of aromatic nitrogens is 4. The minimum atomic E-state index is -0.442. The number of benzene rings is 2. The Morgan fingerprint density at radius 1 is 1.06 bits per heavy atom. The lowest BCUT2D eigenvalue weighted by molar-refractivity contribution is 0.102. The topological polar surface area (TPSA) is 73.8 Å². The second-order valence-corrected chi connectivity index (χ2v) is 8.68. The number of halogens is 3. The van der Waals surface area contributed by atoms with Crippen LogP contribution in [0.15, 0.2) is 65.3 Å². The molecule has 9 heteroatoms. The second kappa shape index (κ2) is 8.63. The largest absolute Gasteiger partial charge is 0.332 e. The van der Waals surface area contributed by atoms with Crippen LogP contribution in [0.25, 0.3) is 22.5 Å². The van der Waals surface area contributed by atoms with Gasteiger partial charge in [-0.05, 0) is 48.9 Å². The fourth-order valence-electron chi connectivity index (χ4n) is 3.65. The molecule has 0 saturated heterocycles. The molecule has 0 amide bonds. The van der Waals surface area contributed by atoms with Gasteiger partial charge in [-0.2, -0.15) is 4.98 Å². The number of hydrogen-bond donors (Lipinski definition) is 0. The monoisotopic (exact) mass is 496 g/mol. The summed E-state index contributed by atoms with van der Waals surface area (Å²) in [6.07, 6.45) is 1.61. The maximum absolute atomic E-state index is 13.5. The zero-order chi connectivity index (χ0) is 23.1. The Hall–Kier alpha value is -3.19. The van der Waals surface area contributed by atoms with Crippen molar-refractivity contribution >= 4 is 51.5 Å². The van der Waals surface area contributed by atoms with Gasteiger partial charge in [0.2, 0.25) is 11.6 Å². The van der Waals surface area contributed by atoms with Gasteiger partial charge < -0.3 is 9.09 Å². The van der Waals surface area contributed by atoms with Crippen molar-refractivity contribution in [3.63, 3.8) is 0 Å². The molecule has 0 unspecified atom stereocenters. The standard InChI is InChI=1S/C24H15Cl3N4O2/c1-13-5-8-19-16(10-13)20(22(27)31(19)12-14-6-7-15(25)11-17(14)26)21(32)23-29-24(33-30-23)18-4-2-3-9-28-18/h2-11H,12H2,1H3. The van der Waals surface area contributed by atoms with Crippen molar-refractivity contribution < 1.29 is 9.32 Å². The van der Waals surface area contributed by atoms with Gasteiger partial charge in [0.25, 0.3) is 5.89 Å². The van der Waals surface area contributed by atoms with Crippen molar-refractivity contribution in [1.82, 2.24) is 19.7 Å². The van der Waals surface area contributed by atoms with E-state index in [1.54, 1.807) is 36.5 Å². The molecule has 164 valence electrons. The van der Waals surface area contributed by atoms with Gasteiger partial charge in [-0.25, -0.2) is 0 Å². The Morgan fingerprint density at radius 2 is 1.91 bits per heavy atom. The van der Waals surface area contributed by atoms with Crippen LogP contribution in [-0.4, -0.2) is 25.5 Å². The minimum Gasteiger partial charge on any atom is -0.332 e. The Labute approximate surface area is 203 Å². The molecule has 6 nitrogen and oxygen atoms in total. The quantitative estimate of drug-likeness (QED) is 0.255. The molecule has 5 rings (SSSR count). The van der Waals surface area contributed by atoms with E-state index in [0.29, 0.717) is 33.2 Å². The predicted octanol–water partition coefficient (Wildman–Crippen LogP) is 6.63. The van der Waals surface area contributed by atoms with Crippen molar-refractivity contribution in [2.24, 2.45) is 0 Å². The van der Waals surface area contributed by atoms with Crippen molar-refractivity contribution in [3.8, 4) is 11.6 Å². The number of fused-ring (bicyclic) bond motifs is 1. The van der Waals surface area contributed by atoms with E-state index in [-0.39, 0.29) is 16.9 Å². The van der Waals surface area contributed by atoms with E-state index < -0.39 is 5.78 Å². The van der Waals surface area contributed by atoms with Crippen LogP contribution in [-0.2, 0) is 6.54 Å². The molecule has 0 spiro atoms. The third-order valence-electron chi connectivity index (χ3n) is 5.24. The van der Waals surface area contributed by atoms with Gasteiger partial charge >= 0.3 is 0 Å². The zero-order valence-corrected chi connectivity index (χ0v) is 19.5. The van der Waals surface area contributed by atoms with Gasteiger partial charge in [-0.3, -0.25) is 9.78 Å². The number of pyridine rings is 1. The lowest BCUT2D eigenvalue weighted by Gasteiger charge is -2.10. The van der Waals surface area contributed by atoms with Crippen molar-refractivity contribution in [3.05, 3.63) is 98.5 Å². The van der Waals surface area contributed by atoms with Gasteiger partial charge in [-0.1, -0.05) is 63.7 Å². The SMILES string of the molecule is Cc1ccc2c(c1)c(C(=O)c1noc(-c3ccccn3)n1)c(Cl)n2Cc1ccc(Cl)cc1Cl. The maximum atomic E-state index is 13.5. The van der Waals surface area contributed by atoms with E-state index in [1.165, 1.54) is 0 Å². The number of ketones is 1. The number of carbonyl (C=O) groups is 1. The molecule has 0 fully saturated rings. The van der Waals surface area contributed by atoms with Gasteiger partial charge in [0.15, 0.2) is 0 Å². The number of carbonyl (C=O) groups excluding carboxylic acids is 1. The summed E-state index contributed by atoms with van der Waals surface area (Å²) in [4.78, 5) is 21.9. The maximum Gasteiger partial charge on any atom is 0.276 e. The van der Waals surface area contributed by atoms with Crippen molar-refractivity contribution in [2.75, 3.05) is 0 Å². The summed E-state index contributed by atoms with van der Waals surface area (Å²) < 4.78 is 7.11. The summed E-state index contributed by atoms with van der Waals surface area (Å²) in [6, 6.07) is 16.4. The summed E-state index contributed by atoms with van der Waals surface area (Å²) in [5.41, 5.74) is 3.36. The Bertz CT molecular complexity index is 1510. The Kier molecular flexibility index (Phi) is 5.66. The molecule has 3 aromatic heterocycles. The summed E-state index contributed by atoms with van der Waals surface area (Å²) in [6.45, 7) is 2.30. The Morgan fingerprint density at radius 3 is 2.67 bits per heavy atom. The van der Waals surface area contributed by atoms with E-state index >= 15 is 0 Å². The first kappa shape index (κ1) is 21.6. The van der Waals surface area contributed by atoms with Crippen LogP contribution in [0.4, 0.5) is 0 Å². The highest BCUT2D eigenvalue weighted by atomic mass is 35.5. The molecular weight excluding hydrogens is 483 g/mol. The van der Waals surface area contributed by atoms with Crippen LogP contribution in [0.1, 0.15) is 27.3 Å². The zero-order valence-electron chi connectivity index (χ0n) is 17.2. The highest BCUT2D eigenvalue weighted by molar-refractivity contribution is 6.37. The molecule has 33 heavy (non-hydrogen) atoms. The van der Waals surface area contributed by atoms with Gasteiger partial charge in [-0.15, -0.1) is 0 Å². The van der Waals surface area contributed by atoms with E-state index in [0.717, 1.165) is 16.6 Å². The van der Waals surface area contributed by atoms with Gasteiger partial charge in [0, 0.05) is 21.6 Å². The number of rotatable bonds is 5. The average Bonchev–Trinajstić information content (AvgIpc) is 3.39. The molecule has 0 bridgehead atoms. The highest BCUT2D eigenvalue weighted by Gasteiger charge is 2.27. The molecule has 0 saturated carbocycles.